The molecule has 0 aromatic heterocycles. The lowest BCUT2D eigenvalue weighted by molar-refractivity contribution is -0.144. The summed E-state index contributed by atoms with van der Waals surface area (Å²) in [4.78, 5) is 22.5. The van der Waals surface area contributed by atoms with Gasteiger partial charge < -0.3 is 15.8 Å². The molecule has 0 fully saturated rings. The lowest BCUT2D eigenvalue weighted by Crippen LogP contribution is -2.41. The Kier molecular flexibility index (Phi) is 5.32. The number of carbonyl (C=O) groups excluding carboxylic acids is 2. The van der Waals surface area contributed by atoms with E-state index in [4.69, 9.17) is 5.73 Å². The van der Waals surface area contributed by atoms with E-state index in [2.05, 4.69) is 10.1 Å². The van der Waals surface area contributed by atoms with E-state index >= 15 is 0 Å². The Balaban J connectivity index is 2.75. The zero-order chi connectivity index (χ0) is 13.5. The fraction of sp³-hybridized carbons (Fsp3) is 0.385. The number of carbonyl (C=O) groups is 2. The summed E-state index contributed by atoms with van der Waals surface area (Å²) in [5.74, 6) is -0.711. The second-order valence-electron chi connectivity index (χ2n) is 4.00. The summed E-state index contributed by atoms with van der Waals surface area (Å²) >= 11 is 0. The minimum Gasteiger partial charge on any atom is -0.467 e. The van der Waals surface area contributed by atoms with Gasteiger partial charge in [-0.05, 0) is 11.1 Å². The molecule has 1 rings (SSSR count). The zero-order valence-electron chi connectivity index (χ0n) is 10.6. The van der Waals surface area contributed by atoms with Gasteiger partial charge in [-0.2, -0.15) is 0 Å². The number of rotatable bonds is 5. The van der Waals surface area contributed by atoms with Crippen LogP contribution in [0.5, 0.6) is 0 Å². The number of benzene rings is 1. The van der Waals surface area contributed by atoms with E-state index in [9.17, 15) is 9.59 Å². The molecular formula is C13H18N2O3. The molecule has 0 aliphatic carbocycles. The van der Waals surface area contributed by atoms with Crippen LogP contribution in [0.25, 0.3) is 0 Å². The molecule has 3 N–H and O–H groups in total. The first-order chi connectivity index (χ1) is 8.56. The smallest absolute Gasteiger partial charge is 0.328 e. The van der Waals surface area contributed by atoms with Crippen LogP contribution in [0.4, 0.5) is 0 Å². The molecule has 0 saturated carbocycles. The topological polar surface area (TPSA) is 81.4 Å². The van der Waals surface area contributed by atoms with E-state index in [-0.39, 0.29) is 5.91 Å². The Bertz CT molecular complexity index is 415. The van der Waals surface area contributed by atoms with Crippen molar-refractivity contribution in [1.29, 1.82) is 0 Å². The predicted octanol–water partition coefficient (Wildman–Crippen LogP) is 0.365. The number of nitrogens with one attached hydrogen (secondary N) is 1. The third-order valence-corrected chi connectivity index (χ3v) is 2.56. The Morgan fingerprint density at radius 1 is 1.28 bits per heavy atom. The summed E-state index contributed by atoms with van der Waals surface area (Å²) in [6, 6.07) is 6.92. The van der Waals surface area contributed by atoms with E-state index in [0.29, 0.717) is 13.0 Å². The molecule has 1 amide bonds. The molecule has 1 aromatic rings. The Morgan fingerprint density at radius 2 is 1.83 bits per heavy atom. The van der Waals surface area contributed by atoms with E-state index in [0.717, 1.165) is 11.1 Å². The van der Waals surface area contributed by atoms with Gasteiger partial charge in [-0.25, -0.2) is 4.79 Å². The van der Waals surface area contributed by atoms with Crippen molar-refractivity contribution in [3.63, 3.8) is 0 Å². The van der Waals surface area contributed by atoms with Crippen LogP contribution in [-0.2, 0) is 27.3 Å². The highest BCUT2D eigenvalue weighted by atomic mass is 16.5. The van der Waals surface area contributed by atoms with Crippen molar-refractivity contribution < 1.29 is 14.3 Å². The summed E-state index contributed by atoms with van der Waals surface area (Å²) in [5, 5.41) is 2.57. The summed E-state index contributed by atoms with van der Waals surface area (Å²) in [6.07, 6.45) is 0.400. The third kappa shape index (κ3) is 4.18. The van der Waals surface area contributed by atoms with Crippen molar-refractivity contribution in [3.05, 3.63) is 35.4 Å². The van der Waals surface area contributed by atoms with E-state index < -0.39 is 12.0 Å². The largest absolute Gasteiger partial charge is 0.467 e. The second-order valence-corrected chi connectivity index (χ2v) is 4.00. The van der Waals surface area contributed by atoms with E-state index in [1.54, 1.807) is 0 Å². The van der Waals surface area contributed by atoms with Crippen LogP contribution in [0.1, 0.15) is 18.1 Å². The molecule has 5 nitrogen and oxygen atoms in total. The lowest BCUT2D eigenvalue weighted by atomic mass is 10.0. The number of amides is 1. The second kappa shape index (κ2) is 6.76. The highest BCUT2D eigenvalue weighted by Gasteiger charge is 2.20. The lowest BCUT2D eigenvalue weighted by Gasteiger charge is -2.15. The quantitative estimate of drug-likeness (QED) is 0.740. The molecule has 0 aliphatic heterocycles. The van der Waals surface area contributed by atoms with E-state index in [1.165, 1.54) is 14.0 Å². The molecule has 5 heteroatoms. The van der Waals surface area contributed by atoms with Crippen LogP contribution >= 0.6 is 0 Å². The van der Waals surface area contributed by atoms with Crippen LogP contribution in [-0.4, -0.2) is 25.0 Å². The molecule has 0 bridgehead atoms. The molecule has 1 aromatic carbocycles. The Hall–Kier alpha value is -1.88. The first kappa shape index (κ1) is 14.2. The van der Waals surface area contributed by atoms with Gasteiger partial charge in [0, 0.05) is 19.9 Å². The number of methoxy groups -OCH3 is 1. The monoisotopic (exact) mass is 250 g/mol. The highest BCUT2D eigenvalue weighted by molar-refractivity contribution is 5.83. The van der Waals surface area contributed by atoms with Crippen LogP contribution in [0.15, 0.2) is 24.3 Å². The van der Waals surface area contributed by atoms with Gasteiger partial charge >= 0.3 is 5.97 Å². The van der Waals surface area contributed by atoms with Crippen molar-refractivity contribution in [2.45, 2.75) is 25.9 Å². The van der Waals surface area contributed by atoms with Gasteiger partial charge in [0.1, 0.15) is 6.04 Å². The first-order valence-corrected chi connectivity index (χ1v) is 5.69. The molecule has 0 saturated heterocycles. The Morgan fingerprint density at radius 3 is 2.28 bits per heavy atom. The normalized spacial score (nSPS) is 11.7. The van der Waals surface area contributed by atoms with Gasteiger partial charge in [-0.1, -0.05) is 24.3 Å². The number of nitrogens with two attached hydrogens (primary N) is 1. The molecular weight excluding hydrogens is 232 g/mol. The van der Waals surface area contributed by atoms with Gasteiger partial charge in [0.2, 0.25) is 5.91 Å². The summed E-state index contributed by atoms with van der Waals surface area (Å²) in [5.41, 5.74) is 7.47. The van der Waals surface area contributed by atoms with Crippen LogP contribution in [0.2, 0.25) is 0 Å². The molecule has 0 heterocycles. The Labute approximate surface area is 106 Å². The highest BCUT2D eigenvalue weighted by Crippen LogP contribution is 2.07. The van der Waals surface area contributed by atoms with Gasteiger partial charge in [0.15, 0.2) is 0 Å². The SMILES string of the molecule is COC(=O)[C@@H](Cc1ccc(CN)cc1)NC(C)=O. The van der Waals surface area contributed by atoms with Crippen molar-refractivity contribution in [3.8, 4) is 0 Å². The van der Waals surface area contributed by atoms with E-state index in [1.807, 2.05) is 24.3 Å². The minimum absolute atomic E-state index is 0.260. The first-order valence-electron chi connectivity index (χ1n) is 5.69. The number of hydrogen-bond acceptors (Lipinski definition) is 4. The fourth-order valence-electron chi connectivity index (χ4n) is 1.63. The molecule has 0 spiro atoms. The molecule has 0 unspecified atom stereocenters. The van der Waals surface area contributed by atoms with Crippen LogP contribution in [0.3, 0.4) is 0 Å². The summed E-state index contributed by atoms with van der Waals surface area (Å²) < 4.78 is 4.66. The molecule has 18 heavy (non-hydrogen) atoms. The van der Waals surface area contributed by atoms with Crippen molar-refractivity contribution in [1.82, 2.24) is 5.32 Å². The third-order valence-electron chi connectivity index (χ3n) is 2.56. The zero-order valence-corrected chi connectivity index (χ0v) is 10.6. The van der Waals surface area contributed by atoms with Crippen molar-refractivity contribution in [2.24, 2.45) is 5.73 Å². The van der Waals surface area contributed by atoms with Gasteiger partial charge in [0.05, 0.1) is 7.11 Å². The summed E-state index contributed by atoms with van der Waals surface area (Å²) in [6.45, 7) is 1.85. The maximum atomic E-state index is 11.5. The van der Waals surface area contributed by atoms with Crippen LogP contribution < -0.4 is 11.1 Å². The molecule has 98 valence electrons. The molecule has 0 aliphatic rings. The maximum absolute atomic E-state index is 11.5. The molecule has 0 radical (unpaired) electrons. The van der Waals surface area contributed by atoms with Crippen LogP contribution in [0, 0.1) is 0 Å². The summed E-state index contributed by atoms with van der Waals surface area (Å²) in [7, 11) is 1.30. The van der Waals surface area contributed by atoms with Gasteiger partial charge in [0.25, 0.3) is 0 Å². The number of hydrogen-bond donors (Lipinski definition) is 2. The maximum Gasteiger partial charge on any atom is 0.328 e. The van der Waals surface area contributed by atoms with Gasteiger partial charge in [-0.3, -0.25) is 4.79 Å². The van der Waals surface area contributed by atoms with Gasteiger partial charge in [-0.15, -0.1) is 0 Å². The number of ether oxygens (including phenoxy) is 1. The van der Waals surface area contributed by atoms with Crippen molar-refractivity contribution >= 4 is 11.9 Å². The fourth-order valence-corrected chi connectivity index (χ4v) is 1.63. The average molecular weight is 250 g/mol. The average Bonchev–Trinajstić information content (AvgIpc) is 2.37. The molecule has 1 atom stereocenters. The number of esters is 1. The van der Waals surface area contributed by atoms with Crippen molar-refractivity contribution in [2.75, 3.05) is 7.11 Å². The standard InChI is InChI=1S/C13H18N2O3/c1-9(16)15-12(13(17)18-2)7-10-3-5-11(8-14)6-4-10/h3-6,12H,7-8,14H2,1-2H3,(H,15,16)/t12-/m1/s1. The predicted molar refractivity (Wildman–Crippen MR) is 67.7 cm³/mol. The minimum atomic E-state index is -0.656.